The molecule has 1 N–H and O–H groups in total. The highest BCUT2D eigenvalue weighted by Gasteiger charge is 2.34. The molecule has 0 aliphatic carbocycles. The van der Waals surface area contributed by atoms with Crippen LogP contribution in [0.2, 0.25) is 0 Å². The standard InChI is InChI=1S/C12H21N3OS/c1-10(2)14-11(16)8-15-6-4-12(9-13,17-3)5-7-15/h10H,4-8H2,1-3H3,(H,14,16). The summed E-state index contributed by atoms with van der Waals surface area (Å²) in [6.45, 7) is 6.04. The molecule has 0 saturated carbocycles. The fourth-order valence-electron chi connectivity index (χ4n) is 2.00. The smallest absolute Gasteiger partial charge is 0.234 e. The van der Waals surface area contributed by atoms with Crippen molar-refractivity contribution in [3.63, 3.8) is 0 Å². The lowest BCUT2D eigenvalue weighted by Crippen LogP contribution is -2.46. The maximum atomic E-state index is 11.6. The zero-order valence-electron chi connectivity index (χ0n) is 10.8. The number of likely N-dealkylation sites (tertiary alicyclic amines) is 1. The number of nitrogens with zero attached hydrogens (tertiary/aromatic N) is 2. The summed E-state index contributed by atoms with van der Waals surface area (Å²) in [4.78, 5) is 13.7. The predicted octanol–water partition coefficient (Wildman–Crippen LogP) is 1.23. The quantitative estimate of drug-likeness (QED) is 0.821. The minimum atomic E-state index is -0.231. The Morgan fingerprint density at radius 1 is 1.53 bits per heavy atom. The van der Waals surface area contributed by atoms with E-state index in [0.29, 0.717) is 6.54 Å². The molecule has 0 spiro atoms. The summed E-state index contributed by atoms with van der Waals surface area (Å²) in [6.07, 6.45) is 3.68. The SMILES string of the molecule is CSC1(C#N)CCN(CC(=O)NC(C)C)CC1. The molecule has 96 valence electrons. The van der Waals surface area contributed by atoms with E-state index in [1.807, 2.05) is 20.1 Å². The number of carbonyl (C=O) groups excluding carboxylic acids is 1. The van der Waals surface area contributed by atoms with Crippen molar-refractivity contribution in [2.75, 3.05) is 25.9 Å². The average Bonchev–Trinajstić information content (AvgIpc) is 2.29. The molecule has 1 rings (SSSR count). The predicted molar refractivity (Wildman–Crippen MR) is 70.8 cm³/mol. The summed E-state index contributed by atoms with van der Waals surface area (Å²) in [6, 6.07) is 2.60. The Bertz CT molecular complexity index is 303. The number of hydrogen-bond donors (Lipinski definition) is 1. The van der Waals surface area contributed by atoms with Crippen molar-refractivity contribution in [2.45, 2.75) is 37.5 Å². The van der Waals surface area contributed by atoms with E-state index < -0.39 is 0 Å². The largest absolute Gasteiger partial charge is 0.353 e. The van der Waals surface area contributed by atoms with Gasteiger partial charge < -0.3 is 5.32 Å². The summed E-state index contributed by atoms with van der Waals surface area (Å²) >= 11 is 1.64. The maximum Gasteiger partial charge on any atom is 0.234 e. The molecular weight excluding hydrogens is 234 g/mol. The Morgan fingerprint density at radius 2 is 2.12 bits per heavy atom. The van der Waals surface area contributed by atoms with E-state index in [-0.39, 0.29) is 16.7 Å². The van der Waals surface area contributed by atoms with E-state index in [1.54, 1.807) is 11.8 Å². The van der Waals surface area contributed by atoms with Gasteiger partial charge in [0.2, 0.25) is 5.91 Å². The number of rotatable bonds is 4. The van der Waals surface area contributed by atoms with Gasteiger partial charge in [0.25, 0.3) is 0 Å². The van der Waals surface area contributed by atoms with Gasteiger partial charge >= 0.3 is 0 Å². The molecule has 0 aromatic carbocycles. The van der Waals surface area contributed by atoms with Crippen LogP contribution in [0.4, 0.5) is 0 Å². The number of amides is 1. The number of piperidine rings is 1. The number of thioether (sulfide) groups is 1. The van der Waals surface area contributed by atoms with Gasteiger partial charge in [-0.3, -0.25) is 9.69 Å². The second-order valence-electron chi connectivity index (χ2n) is 4.81. The molecule has 1 fully saturated rings. The minimum Gasteiger partial charge on any atom is -0.353 e. The van der Waals surface area contributed by atoms with Crippen molar-refractivity contribution in [1.29, 1.82) is 5.26 Å². The maximum absolute atomic E-state index is 11.6. The Balaban J connectivity index is 2.38. The van der Waals surface area contributed by atoms with Crippen LogP contribution in [-0.4, -0.2) is 47.5 Å². The molecule has 0 bridgehead atoms. The Kier molecular flexibility index (Phi) is 5.29. The van der Waals surface area contributed by atoms with Crippen LogP contribution >= 0.6 is 11.8 Å². The third-order valence-corrected chi connectivity index (χ3v) is 4.36. The van der Waals surface area contributed by atoms with Crippen molar-refractivity contribution in [3.8, 4) is 6.07 Å². The van der Waals surface area contributed by atoms with E-state index in [1.165, 1.54) is 0 Å². The van der Waals surface area contributed by atoms with Crippen LogP contribution < -0.4 is 5.32 Å². The van der Waals surface area contributed by atoms with Gasteiger partial charge in [-0.25, -0.2) is 0 Å². The van der Waals surface area contributed by atoms with Crippen molar-refractivity contribution >= 4 is 17.7 Å². The van der Waals surface area contributed by atoms with Gasteiger partial charge in [0.05, 0.1) is 12.6 Å². The lowest BCUT2D eigenvalue weighted by Gasteiger charge is -2.35. The molecule has 5 heteroatoms. The van der Waals surface area contributed by atoms with Crippen LogP contribution in [0.5, 0.6) is 0 Å². The lowest BCUT2D eigenvalue weighted by atomic mass is 9.97. The van der Waals surface area contributed by atoms with E-state index in [9.17, 15) is 4.79 Å². The van der Waals surface area contributed by atoms with Crippen LogP contribution in [0.3, 0.4) is 0 Å². The molecule has 17 heavy (non-hydrogen) atoms. The first-order chi connectivity index (χ1) is 8.01. The summed E-state index contributed by atoms with van der Waals surface area (Å²) in [5.41, 5.74) is 0. The molecule has 1 amide bonds. The number of hydrogen-bond acceptors (Lipinski definition) is 4. The summed E-state index contributed by atoms with van der Waals surface area (Å²) in [5, 5.41) is 12.0. The van der Waals surface area contributed by atoms with Crippen LogP contribution in [0.25, 0.3) is 0 Å². The van der Waals surface area contributed by atoms with Crippen LogP contribution in [0.15, 0.2) is 0 Å². The Morgan fingerprint density at radius 3 is 2.53 bits per heavy atom. The first-order valence-electron chi connectivity index (χ1n) is 5.99. The summed E-state index contributed by atoms with van der Waals surface area (Å²) in [7, 11) is 0. The third kappa shape index (κ3) is 4.21. The molecule has 0 aromatic rings. The molecule has 0 radical (unpaired) electrons. The second kappa shape index (κ2) is 6.27. The molecule has 4 nitrogen and oxygen atoms in total. The number of carbonyl (C=O) groups is 1. The highest BCUT2D eigenvalue weighted by Crippen LogP contribution is 2.33. The molecule has 1 saturated heterocycles. The fraction of sp³-hybridized carbons (Fsp3) is 0.833. The molecule has 1 aliphatic heterocycles. The van der Waals surface area contributed by atoms with Crippen LogP contribution in [0.1, 0.15) is 26.7 Å². The molecule has 1 heterocycles. The highest BCUT2D eigenvalue weighted by atomic mass is 32.2. The first kappa shape index (κ1) is 14.3. The number of nitrogens with one attached hydrogen (secondary N) is 1. The van der Waals surface area contributed by atoms with Gasteiger partial charge in [-0.1, -0.05) is 0 Å². The van der Waals surface area contributed by atoms with Crippen LogP contribution in [-0.2, 0) is 4.79 Å². The zero-order chi connectivity index (χ0) is 12.9. The van der Waals surface area contributed by atoms with Gasteiger partial charge in [0.15, 0.2) is 0 Å². The van der Waals surface area contributed by atoms with Crippen molar-refractivity contribution in [2.24, 2.45) is 0 Å². The Hall–Kier alpha value is -0.730. The van der Waals surface area contributed by atoms with E-state index in [4.69, 9.17) is 5.26 Å². The second-order valence-corrected chi connectivity index (χ2v) is 6.00. The normalized spacial score (nSPS) is 19.9. The molecule has 0 atom stereocenters. The monoisotopic (exact) mass is 255 g/mol. The number of nitriles is 1. The highest BCUT2D eigenvalue weighted by molar-refractivity contribution is 8.00. The van der Waals surface area contributed by atoms with Gasteiger partial charge in [-0.05, 0) is 32.9 Å². The third-order valence-electron chi connectivity index (χ3n) is 3.08. The molecule has 0 unspecified atom stereocenters. The molecule has 1 aliphatic rings. The molecule has 0 aromatic heterocycles. The Labute approximate surface area is 108 Å². The zero-order valence-corrected chi connectivity index (χ0v) is 11.6. The van der Waals surface area contributed by atoms with E-state index in [2.05, 4.69) is 16.3 Å². The van der Waals surface area contributed by atoms with Gasteiger partial charge in [-0.15, -0.1) is 11.8 Å². The average molecular weight is 255 g/mol. The van der Waals surface area contributed by atoms with Gasteiger partial charge in [-0.2, -0.15) is 5.26 Å². The van der Waals surface area contributed by atoms with Gasteiger partial charge in [0.1, 0.15) is 4.75 Å². The van der Waals surface area contributed by atoms with Crippen LogP contribution in [0, 0.1) is 11.3 Å². The first-order valence-corrected chi connectivity index (χ1v) is 7.22. The van der Waals surface area contributed by atoms with E-state index in [0.717, 1.165) is 25.9 Å². The topological polar surface area (TPSA) is 56.1 Å². The van der Waals surface area contributed by atoms with E-state index >= 15 is 0 Å². The lowest BCUT2D eigenvalue weighted by molar-refractivity contribution is -0.123. The van der Waals surface area contributed by atoms with Gasteiger partial charge in [0, 0.05) is 19.1 Å². The van der Waals surface area contributed by atoms with Crippen molar-refractivity contribution < 1.29 is 4.79 Å². The fourth-order valence-corrected chi connectivity index (χ4v) is 2.69. The summed E-state index contributed by atoms with van der Waals surface area (Å²) < 4.78 is -0.231. The summed E-state index contributed by atoms with van der Waals surface area (Å²) in [5.74, 6) is 0.0774. The van der Waals surface area contributed by atoms with Crippen molar-refractivity contribution in [1.82, 2.24) is 10.2 Å². The molecular formula is C12H21N3OS. The minimum absolute atomic E-state index is 0.0774. The van der Waals surface area contributed by atoms with Crippen molar-refractivity contribution in [3.05, 3.63) is 0 Å².